The van der Waals surface area contributed by atoms with Gasteiger partial charge in [0.2, 0.25) is 0 Å². The summed E-state index contributed by atoms with van der Waals surface area (Å²) >= 11 is 8.04. The Labute approximate surface area is 147 Å². The van der Waals surface area contributed by atoms with Crippen LogP contribution in [0.2, 0.25) is 5.02 Å². The lowest BCUT2D eigenvalue weighted by Gasteiger charge is -2.19. The van der Waals surface area contributed by atoms with Crippen LogP contribution in [0.25, 0.3) is 0 Å². The second kappa shape index (κ2) is 7.22. The molecular weight excluding hydrogens is 337 g/mol. The van der Waals surface area contributed by atoms with Crippen LogP contribution in [0.15, 0.2) is 23.6 Å². The fourth-order valence-corrected chi connectivity index (χ4v) is 3.94. The molecule has 0 saturated carbocycles. The van der Waals surface area contributed by atoms with Crippen LogP contribution in [-0.4, -0.2) is 18.5 Å². The standard InChI is InChI=1S/C17H20ClNOS.ClH/c1-11-8-14(9-12(2)16(11)18)20-15-4-6-19(3)10-13-5-7-21-17(13)15;/h5,7-9,15H,4,6,10H2,1-3H3;1H. The van der Waals surface area contributed by atoms with Crippen LogP contribution in [0.5, 0.6) is 5.75 Å². The summed E-state index contributed by atoms with van der Waals surface area (Å²) in [7, 11) is 2.17. The Morgan fingerprint density at radius 1 is 1.27 bits per heavy atom. The molecule has 5 heteroatoms. The van der Waals surface area contributed by atoms with Gasteiger partial charge in [-0.3, -0.25) is 0 Å². The van der Waals surface area contributed by atoms with E-state index in [2.05, 4.69) is 23.4 Å². The van der Waals surface area contributed by atoms with Crippen molar-refractivity contribution in [1.82, 2.24) is 4.90 Å². The molecule has 1 aliphatic rings. The van der Waals surface area contributed by atoms with Gasteiger partial charge in [-0.2, -0.15) is 0 Å². The molecule has 0 radical (unpaired) electrons. The van der Waals surface area contributed by atoms with Gasteiger partial charge in [0.25, 0.3) is 0 Å². The molecule has 0 aliphatic carbocycles. The summed E-state index contributed by atoms with van der Waals surface area (Å²) in [6.07, 6.45) is 1.16. The van der Waals surface area contributed by atoms with E-state index in [0.717, 1.165) is 41.4 Å². The molecule has 1 atom stereocenters. The Morgan fingerprint density at radius 2 is 1.95 bits per heavy atom. The predicted octanol–water partition coefficient (Wildman–Crippen LogP) is 5.40. The molecule has 1 aromatic carbocycles. The minimum atomic E-state index is 0. The first kappa shape index (κ1) is 17.6. The maximum absolute atomic E-state index is 6.31. The largest absolute Gasteiger partial charge is 0.485 e. The second-order valence-electron chi connectivity index (χ2n) is 5.81. The lowest BCUT2D eigenvalue weighted by atomic mass is 10.1. The van der Waals surface area contributed by atoms with Crippen molar-refractivity contribution in [1.29, 1.82) is 0 Å². The van der Waals surface area contributed by atoms with Gasteiger partial charge in [-0.15, -0.1) is 23.7 Å². The number of nitrogens with zero attached hydrogens (tertiary/aromatic N) is 1. The average molecular weight is 358 g/mol. The first-order chi connectivity index (χ1) is 10.0. The van der Waals surface area contributed by atoms with E-state index in [1.54, 1.807) is 11.3 Å². The Hall–Kier alpha value is -0.740. The van der Waals surface area contributed by atoms with Gasteiger partial charge in [-0.1, -0.05) is 11.6 Å². The summed E-state index contributed by atoms with van der Waals surface area (Å²) in [5, 5.41) is 3.00. The quantitative estimate of drug-likeness (QED) is 0.713. The van der Waals surface area contributed by atoms with E-state index < -0.39 is 0 Å². The van der Waals surface area contributed by atoms with E-state index in [9.17, 15) is 0 Å². The van der Waals surface area contributed by atoms with Gasteiger partial charge in [0.15, 0.2) is 0 Å². The van der Waals surface area contributed by atoms with Crippen molar-refractivity contribution in [2.24, 2.45) is 0 Å². The minimum Gasteiger partial charge on any atom is -0.485 e. The highest BCUT2D eigenvalue weighted by atomic mass is 35.5. The van der Waals surface area contributed by atoms with E-state index in [4.69, 9.17) is 16.3 Å². The van der Waals surface area contributed by atoms with Crippen molar-refractivity contribution in [3.8, 4) is 5.75 Å². The number of aryl methyl sites for hydroxylation is 2. The van der Waals surface area contributed by atoms with Crippen molar-refractivity contribution >= 4 is 35.3 Å². The van der Waals surface area contributed by atoms with Crippen LogP contribution < -0.4 is 4.74 Å². The highest BCUT2D eigenvalue weighted by molar-refractivity contribution is 7.10. The predicted molar refractivity (Wildman–Crippen MR) is 96.8 cm³/mol. The van der Waals surface area contributed by atoms with Crippen molar-refractivity contribution in [3.05, 3.63) is 50.2 Å². The Bertz CT molecular complexity index is 633. The fourth-order valence-electron chi connectivity index (χ4n) is 2.85. The van der Waals surface area contributed by atoms with Gasteiger partial charge >= 0.3 is 0 Å². The fraction of sp³-hybridized carbons (Fsp3) is 0.412. The molecule has 1 aliphatic heterocycles. The number of thiophene rings is 1. The third-order valence-corrected chi connectivity index (χ3v) is 5.62. The summed E-state index contributed by atoms with van der Waals surface area (Å²) in [4.78, 5) is 3.72. The van der Waals surface area contributed by atoms with Crippen LogP contribution in [-0.2, 0) is 6.54 Å². The maximum Gasteiger partial charge on any atom is 0.134 e. The maximum atomic E-state index is 6.31. The SMILES string of the molecule is Cc1cc(OC2CCN(C)Cc3ccsc32)cc(C)c1Cl.Cl. The van der Waals surface area contributed by atoms with Crippen LogP contribution in [0.3, 0.4) is 0 Å². The summed E-state index contributed by atoms with van der Waals surface area (Å²) in [6, 6.07) is 6.30. The molecule has 2 nitrogen and oxygen atoms in total. The Kier molecular flexibility index (Phi) is 5.78. The molecule has 0 bridgehead atoms. The van der Waals surface area contributed by atoms with Crippen molar-refractivity contribution in [2.45, 2.75) is 32.9 Å². The molecule has 1 unspecified atom stereocenters. The molecule has 0 N–H and O–H groups in total. The van der Waals surface area contributed by atoms with Crippen LogP contribution >= 0.6 is 35.3 Å². The van der Waals surface area contributed by atoms with Crippen molar-refractivity contribution in [3.63, 3.8) is 0 Å². The monoisotopic (exact) mass is 357 g/mol. The molecule has 1 aromatic heterocycles. The molecule has 0 saturated heterocycles. The number of rotatable bonds is 2. The topological polar surface area (TPSA) is 12.5 Å². The molecule has 2 heterocycles. The minimum absolute atomic E-state index is 0. The van der Waals surface area contributed by atoms with Gasteiger partial charge in [0.1, 0.15) is 11.9 Å². The van der Waals surface area contributed by atoms with Gasteiger partial charge in [-0.05, 0) is 61.2 Å². The van der Waals surface area contributed by atoms with E-state index in [1.807, 2.05) is 26.0 Å². The third kappa shape index (κ3) is 3.60. The van der Waals surface area contributed by atoms with E-state index in [0.29, 0.717) is 0 Å². The van der Waals surface area contributed by atoms with E-state index in [-0.39, 0.29) is 18.5 Å². The molecule has 0 amide bonds. The molecule has 0 spiro atoms. The van der Waals surface area contributed by atoms with Gasteiger partial charge in [-0.25, -0.2) is 0 Å². The van der Waals surface area contributed by atoms with Crippen molar-refractivity contribution < 1.29 is 4.74 Å². The molecular formula is C17H21Cl2NOS. The molecule has 3 rings (SSSR count). The Morgan fingerprint density at radius 3 is 2.64 bits per heavy atom. The zero-order chi connectivity index (χ0) is 15.0. The highest BCUT2D eigenvalue weighted by Gasteiger charge is 2.23. The lowest BCUT2D eigenvalue weighted by Crippen LogP contribution is -2.18. The Balaban J connectivity index is 0.00000176. The first-order valence-corrected chi connectivity index (χ1v) is 8.48. The van der Waals surface area contributed by atoms with Gasteiger partial charge < -0.3 is 9.64 Å². The number of hydrogen-bond acceptors (Lipinski definition) is 3. The average Bonchev–Trinajstić information content (AvgIpc) is 2.83. The van der Waals surface area contributed by atoms with Crippen LogP contribution in [0.1, 0.15) is 34.1 Å². The van der Waals surface area contributed by atoms with Gasteiger partial charge in [0.05, 0.1) is 0 Å². The molecule has 120 valence electrons. The lowest BCUT2D eigenvalue weighted by molar-refractivity contribution is 0.185. The number of fused-ring (bicyclic) bond motifs is 1. The molecule has 0 fully saturated rings. The summed E-state index contributed by atoms with van der Waals surface area (Å²) in [6.45, 7) is 6.12. The van der Waals surface area contributed by atoms with Crippen molar-refractivity contribution in [2.75, 3.05) is 13.6 Å². The number of benzene rings is 1. The summed E-state index contributed by atoms with van der Waals surface area (Å²) in [5.74, 6) is 0.920. The zero-order valence-corrected chi connectivity index (χ0v) is 15.4. The number of halogens is 2. The number of hydrogen-bond donors (Lipinski definition) is 0. The first-order valence-electron chi connectivity index (χ1n) is 7.23. The normalized spacial score (nSPS) is 18.3. The van der Waals surface area contributed by atoms with Gasteiger partial charge in [0, 0.05) is 29.4 Å². The van der Waals surface area contributed by atoms with Crippen LogP contribution in [0.4, 0.5) is 0 Å². The molecule has 2 aromatic rings. The van der Waals surface area contributed by atoms with E-state index in [1.165, 1.54) is 10.4 Å². The highest BCUT2D eigenvalue weighted by Crippen LogP contribution is 2.36. The van der Waals surface area contributed by atoms with E-state index >= 15 is 0 Å². The molecule has 22 heavy (non-hydrogen) atoms. The number of ether oxygens (including phenoxy) is 1. The van der Waals surface area contributed by atoms with Crippen LogP contribution in [0, 0.1) is 13.8 Å². The smallest absolute Gasteiger partial charge is 0.134 e. The second-order valence-corrected chi connectivity index (χ2v) is 7.14. The third-order valence-electron chi connectivity index (χ3n) is 3.97. The zero-order valence-electron chi connectivity index (χ0n) is 13.1. The summed E-state index contributed by atoms with van der Waals surface area (Å²) in [5.41, 5.74) is 3.54. The summed E-state index contributed by atoms with van der Waals surface area (Å²) < 4.78 is 6.31.